The number of carbonyl (C=O) groups is 2. The molecule has 2 aliphatic rings. The van der Waals surface area contributed by atoms with Crippen LogP contribution >= 0.6 is 0 Å². The van der Waals surface area contributed by atoms with E-state index >= 15 is 0 Å². The van der Waals surface area contributed by atoms with Gasteiger partial charge in [0, 0.05) is 7.05 Å². The maximum Gasteiger partial charge on any atom is 0.274 e. The molecule has 64 valence electrons. The van der Waals surface area contributed by atoms with Crippen molar-refractivity contribution in [1.29, 1.82) is 0 Å². The summed E-state index contributed by atoms with van der Waals surface area (Å²) < 4.78 is 4.88. The van der Waals surface area contributed by atoms with E-state index in [4.69, 9.17) is 4.74 Å². The Morgan fingerprint density at radius 1 is 1.50 bits per heavy atom. The van der Waals surface area contributed by atoms with Crippen molar-refractivity contribution in [3.63, 3.8) is 0 Å². The minimum atomic E-state index is -0.160. The lowest BCUT2D eigenvalue weighted by Crippen LogP contribution is -2.49. The molecule has 5 nitrogen and oxygen atoms in total. The molecule has 0 aromatic carbocycles. The first kappa shape index (κ1) is 7.15. The Kier molecular flexibility index (Phi) is 1.33. The maximum atomic E-state index is 11.3. The van der Waals surface area contributed by atoms with E-state index in [1.54, 1.807) is 7.05 Å². The molecular formula is C7H8N2O3. The fraction of sp³-hybridized carbons (Fsp3) is 0.429. The molecule has 2 aliphatic heterocycles. The third kappa shape index (κ3) is 0.792. The third-order valence-electron chi connectivity index (χ3n) is 1.93. The standard InChI is InChI=1S/C7H8N2O3/c1-8-2-6(10)9-4-12-3-5(9)7(8)11/h3H,2,4H2,1H3. The number of piperazine rings is 1. The molecule has 0 atom stereocenters. The first-order chi connectivity index (χ1) is 5.70. The van der Waals surface area contributed by atoms with E-state index in [1.165, 1.54) is 16.1 Å². The maximum absolute atomic E-state index is 11.3. The van der Waals surface area contributed by atoms with Crippen LogP contribution in [-0.4, -0.2) is 41.9 Å². The number of amides is 2. The van der Waals surface area contributed by atoms with Crippen LogP contribution < -0.4 is 0 Å². The van der Waals surface area contributed by atoms with E-state index in [0.29, 0.717) is 5.70 Å². The van der Waals surface area contributed by atoms with Crippen LogP contribution in [0.5, 0.6) is 0 Å². The number of likely N-dealkylation sites (N-methyl/N-ethyl adjacent to an activating group) is 1. The Labute approximate surface area is 69.2 Å². The minimum absolute atomic E-state index is 0.0964. The second-order valence-corrected chi connectivity index (χ2v) is 2.78. The van der Waals surface area contributed by atoms with Crippen LogP contribution in [0.2, 0.25) is 0 Å². The molecule has 2 amide bonds. The van der Waals surface area contributed by atoms with E-state index in [0.717, 1.165) is 0 Å². The van der Waals surface area contributed by atoms with Gasteiger partial charge in [-0.2, -0.15) is 0 Å². The largest absolute Gasteiger partial charge is 0.478 e. The Hall–Kier alpha value is -1.52. The molecular weight excluding hydrogens is 160 g/mol. The first-order valence-corrected chi connectivity index (χ1v) is 3.58. The van der Waals surface area contributed by atoms with Gasteiger partial charge in [-0.15, -0.1) is 0 Å². The summed E-state index contributed by atoms with van der Waals surface area (Å²) in [6, 6.07) is 0. The molecule has 0 saturated carbocycles. The molecule has 0 aromatic rings. The van der Waals surface area contributed by atoms with E-state index in [-0.39, 0.29) is 25.1 Å². The molecule has 0 aromatic heterocycles. The van der Waals surface area contributed by atoms with Crippen LogP contribution in [0.4, 0.5) is 0 Å². The molecule has 12 heavy (non-hydrogen) atoms. The number of carbonyl (C=O) groups excluding carboxylic acids is 2. The fourth-order valence-corrected chi connectivity index (χ4v) is 1.25. The second kappa shape index (κ2) is 2.23. The van der Waals surface area contributed by atoms with Gasteiger partial charge in [0.15, 0.2) is 6.73 Å². The fourth-order valence-electron chi connectivity index (χ4n) is 1.25. The van der Waals surface area contributed by atoms with Gasteiger partial charge < -0.3 is 9.64 Å². The quantitative estimate of drug-likeness (QED) is 0.471. The van der Waals surface area contributed by atoms with Gasteiger partial charge >= 0.3 is 0 Å². The Bertz CT molecular complexity index is 284. The van der Waals surface area contributed by atoms with Crippen molar-refractivity contribution >= 4 is 11.8 Å². The number of hydrogen-bond donors (Lipinski definition) is 0. The van der Waals surface area contributed by atoms with Gasteiger partial charge in [0.1, 0.15) is 18.5 Å². The Balaban J connectivity index is 2.33. The highest BCUT2D eigenvalue weighted by atomic mass is 16.5. The average molecular weight is 168 g/mol. The zero-order valence-electron chi connectivity index (χ0n) is 6.61. The normalized spacial score (nSPS) is 22.2. The van der Waals surface area contributed by atoms with Crippen molar-refractivity contribution in [3.05, 3.63) is 12.0 Å². The monoisotopic (exact) mass is 168 g/mol. The summed E-state index contributed by atoms with van der Waals surface area (Å²) in [4.78, 5) is 25.3. The van der Waals surface area contributed by atoms with E-state index in [1.807, 2.05) is 0 Å². The summed E-state index contributed by atoms with van der Waals surface area (Å²) in [6.07, 6.45) is 1.33. The molecule has 0 spiro atoms. The van der Waals surface area contributed by atoms with Crippen molar-refractivity contribution in [1.82, 2.24) is 9.80 Å². The van der Waals surface area contributed by atoms with Crippen LogP contribution in [0.1, 0.15) is 0 Å². The summed E-state index contributed by atoms with van der Waals surface area (Å²) in [7, 11) is 1.59. The van der Waals surface area contributed by atoms with Crippen molar-refractivity contribution in [2.24, 2.45) is 0 Å². The second-order valence-electron chi connectivity index (χ2n) is 2.78. The molecule has 1 fully saturated rings. The van der Waals surface area contributed by atoms with Gasteiger partial charge in [0.2, 0.25) is 5.91 Å². The molecule has 2 heterocycles. The highest BCUT2D eigenvalue weighted by Gasteiger charge is 2.36. The van der Waals surface area contributed by atoms with Gasteiger partial charge in [-0.25, -0.2) is 0 Å². The highest BCUT2D eigenvalue weighted by molar-refractivity contribution is 6.02. The minimum Gasteiger partial charge on any atom is -0.478 e. The van der Waals surface area contributed by atoms with Crippen molar-refractivity contribution in [2.75, 3.05) is 20.3 Å². The summed E-state index contributed by atoms with van der Waals surface area (Å²) in [5.74, 6) is -0.257. The van der Waals surface area contributed by atoms with Crippen LogP contribution in [0.3, 0.4) is 0 Å². The van der Waals surface area contributed by atoms with E-state index < -0.39 is 0 Å². The van der Waals surface area contributed by atoms with E-state index in [2.05, 4.69) is 0 Å². The smallest absolute Gasteiger partial charge is 0.274 e. The van der Waals surface area contributed by atoms with Gasteiger partial charge in [-0.1, -0.05) is 0 Å². The average Bonchev–Trinajstić information content (AvgIpc) is 2.48. The number of rotatable bonds is 0. The van der Waals surface area contributed by atoms with E-state index in [9.17, 15) is 9.59 Å². The molecule has 0 aliphatic carbocycles. The summed E-state index contributed by atoms with van der Waals surface area (Å²) in [6.45, 7) is 0.313. The molecule has 2 rings (SSSR count). The summed E-state index contributed by atoms with van der Waals surface area (Å²) in [5.41, 5.74) is 0.341. The molecule has 0 unspecified atom stereocenters. The van der Waals surface area contributed by atoms with Crippen molar-refractivity contribution < 1.29 is 14.3 Å². The third-order valence-corrected chi connectivity index (χ3v) is 1.93. The number of fused-ring (bicyclic) bond motifs is 1. The van der Waals surface area contributed by atoms with Gasteiger partial charge in [-0.05, 0) is 0 Å². The van der Waals surface area contributed by atoms with Gasteiger partial charge in [-0.3, -0.25) is 14.5 Å². The number of ether oxygens (including phenoxy) is 1. The first-order valence-electron chi connectivity index (χ1n) is 3.58. The lowest BCUT2D eigenvalue weighted by molar-refractivity contribution is -0.144. The summed E-state index contributed by atoms with van der Waals surface area (Å²) in [5, 5.41) is 0. The lowest BCUT2D eigenvalue weighted by atomic mass is 10.3. The molecule has 0 N–H and O–H groups in total. The zero-order valence-corrected chi connectivity index (χ0v) is 6.61. The van der Waals surface area contributed by atoms with Crippen LogP contribution in [0, 0.1) is 0 Å². The predicted molar refractivity (Wildman–Crippen MR) is 38.5 cm³/mol. The van der Waals surface area contributed by atoms with Crippen LogP contribution in [0.25, 0.3) is 0 Å². The lowest BCUT2D eigenvalue weighted by Gasteiger charge is -2.28. The van der Waals surface area contributed by atoms with Gasteiger partial charge in [0.05, 0.1) is 0 Å². The van der Waals surface area contributed by atoms with Crippen molar-refractivity contribution in [2.45, 2.75) is 0 Å². The zero-order chi connectivity index (χ0) is 8.72. The predicted octanol–water partition coefficient (Wildman–Crippen LogP) is -0.884. The molecule has 5 heteroatoms. The summed E-state index contributed by atoms with van der Waals surface area (Å²) >= 11 is 0. The van der Waals surface area contributed by atoms with Gasteiger partial charge in [0.25, 0.3) is 5.91 Å². The van der Waals surface area contributed by atoms with Crippen LogP contribution in [-0.2, 0) is 14.3 Å². The topological polar surface area (TPSA) is 49.9 Å². The number of nitrogens with zero attached hydrogens (tertiary/aromatic N) is 2. The molecule has 0 radical (unpaired) electrons. The molecule has 1 saturated heterocycles. The van der Waals surface area contributed by atoms with Crippen LogP contribution in [0.15, 0.2) is 12.0 Å². The van der Waals surface area contributed by atoms with Crippen molar-refractivity contribution in [3.8, 4) is 0 Å². The highest BCUT2D eigenvalue weighted by Crippen LogP contribution is 2.19. The Morgan fingerprint density at radius 2 is 2.25 bits per heavy atom. The molecule has 0 bridgehead atoms. The Morgan fingerprint density at radius 3 is 3.00 bits per heavy atom. The SMILES string of the molecule is CN1CC(=O)N2COC=C2C1=O. The number of hydrogen-bond acceptors (Lipinski definition) is 3.